The minimum atomic E-state index is -2.05. The predicted octanol–water partition coefficient (Wildman–Crippen LogP) is -1.69. The lowest BCUT2D eigenvalue weighted by molar-refractivity contribution is -1.29. The number of nitrogens with zero attached hydrogens (tertiary/aromatic N) is 3. The van der Waals surface area contributed by atoms with Crippen LogP contribution in [0.2, 0.25) is 0 Å². The van der Waals surface area contributed by atoms with Crippen LogP contribution in [0.25, 0.3) is 0 Å². The molecular formula is C2H7N5O3. The molecule has 0 saturated carbocycles. The number of rotatable bonds is 2. The number of hydrogen-bond acceptors (Lipinski definition) is 4. The Bertz CT molecular complexity index is 170. The van der Waals surface area contributed by atoms with Crippen molar-refractivity contribution in [1.29, 1.82) is 0 Å². The van der Waals surface area contributed by atoms with Crippen LogP contribution >= 0.6 is 0 Å². The first kappa shape index (κ1) is 8.59. The molecule has 8 heteroatoms. The predicted molar refractivity (Wildman–Crippen MR) is 32.4 cm³/mol. The average Bonchev–Trinajstić information content (AvgIpc) is 1.60. The van der Waals surface area contributed by atoms with Gasteiger partial charge < -0.3 is 16.7 Å². The molecule has 0 aromatic rings. The smallest absolute Gasteiger partial charge is 0.267 e. The Morgan fingerprint density at radius 3 is 2.20 bits per heavy atom. The van der Waals surface area contributed by atoms with Crippen LogP contribution in [-0.4, -0.2) is 22.9 Å². The van der Waals surface area contributed by atoms with E-state index in [9.17, 15) is 15.3 Å². The molecule has 4 N–H and O–H groups in total. The van der Waals surface area contributed by atoms with Gasteiger partial charge >= 0.3 is 0 Å². The highest BCUT2D eigenvalue weighted by Gasteiger charge is 2.22. The fourth-order valence-corrected chi connectivity index (χ4v) is 0.251. The van der Waals surface area contributed by atoms with E-state index in [-0.39, 0.29) is 0 Å². The summed E-state index contributed by atoms with van der Waals surface area (Å²) in [4.78, 5) is 7.75. The molecule has 1 atom stereocenters. The van der Waals surface area contributed by atoms with Gasteiger partial charge in [-0.15, -0.1) is 0 Å². The van der Waals surface area contributed by atoms with E-state index in [4.69, 9.17) is 11.5 Å². The number of hydroxylamine groups is 1. The minimum Gasteiger partial charge on any atom is -0.541 e. The summed E-state index contributed by atoms with van der Waals surface area (Å²) < 4.78 is 0. The summed E-state index contributed by atoms with van der Waals surface area (Å²) in [5.41, 5.74) is 9.45. The zero-order chi connectivity index (χ0) is 8.36. The topological polar surface area (TPSA) is 131 Å². The number of guanidine groups is 1. The van der Waals surface area contributed by atoms with Crippen LogP contribution in [-0.2, 0) is 0 Å². The van der Waals surface area contributed by atoms with Gasteiger partial charge in [-0.1, -0.05) is 0 Å². The fraction of sp³-hybridized carbons (Fsp3) is 0.500. The Balaban J connectivity index is 4.42. The number of nitrogens with two attached hydrogens (primary N) is 2. The highest BCUT2D eigenvalue weighted by atomic mass is 16.8. The van der Waals surface area contributed by atoms with Gasteiger partial charge in [-0.3, -0.25) is 0 Å². The Kier molecular flexibility index (Phi) is 2.11. The number of quaternary nitrogens is 1. The van der Waals surface area contributed by atoms with Crippen LogP contribution in [0.15, 0.2) is 5.10 Å². The number of nitro groups is 1. The van der Waals surface area contributed by atoms with Crippen LogP contribution in [0.4, 0.5) is 0 Å². The van der Waals surface area contributed by atoms with Gasteiger partial charge in [-0.05, 0) is 0 Å². The van der Waals surface area contributed by atoms with Gasteiger partial charge in [0.25, 0.3) is 11.0 Å². The lowest BCUT2D eigenvalue weighted by Crippen LogP contribution is -2.41. The molecule has 0 bridgehead atoms. The molecule has 0 aliphatic carbocycles. The summed E-state index contributed by atoms with van der Waals surface area (Å²) in [5, 5.41) is 21.9. The molecule has 1 unspecified atom stereocenters. The zero-order valence-electron chi connectivity index (χ0n) is 5.22. The first-order valence-corrected chi connectivity index (χ1v) is 2.20. The quantitative estimate of drug-likeness (QED) is 0.159. The van der Waals surface area contributed by atoms with Crippen LogP contribution in [0.5, 0.6) is 0 Å². The normalized spacial score (nSPS) is 15.4. The van der Waals surface area contributed by atoms with Crippen LogP contribution in [0.1, 0.15) is 0 Å². The molecular weight excluding hydrogens is 142 g/mol. The van der Waals surface area contributed by atoms with Crippen molar-refractivity contribution in [3.63, 3.8) is 0 Å². The summed E-state index contributed by atoms with van der Waals surface area (Å²) in [6.45, 7) is 0. The highest BCUT2D eigenvalue weighted by molar-refractivity contribution is 5.74. The van der Waals surface area contributed by atoms with Crippen LogP contribution in [0, 0.1) is 15.3 Å². The maximum absolute atomic E-state index is 10.5. The molecule has 0 rings (SSSR count). The van der Waals surface area contributed by atoms with Gasteiger partial charge in [0.05, 0.1) is 4.86 Å². The van der Waals surface area contributed by atoms with E-state index in [1.165, 1.54) is 0 Å². The maximum atomic E-state index is 10.5. The van der Waals surface area contributed by atoms with E-state index < -0.39 is 15.9 Å². The highest BCUT2D eigenvalue weighted by Crippen LogP contribution is 1.97. The van der Waals surface area contributed by atoms with Crippen molar-refractivity contribution in [2.24, 2.45) is 16.6 Å². The Morgan fingerprint density at radius 1 is 1.70 bits per heavy atom. The SMILES string of the molecule is C[N+]([O-])(N=C(N)N)[N+](=O)[O-]. The molecule has 0 spiro atoms. The van der Waals surface area contributed by atoms with Crippen molar-refractivity contribution in [2.75, 3.05) is 7.05 Å². The number of hydrogen-bond donors (Lipinski definition) is 2. The van der Waals surface area contributed by atoms with Gasteiger partial charge in [0.15, 0.2) is 7.05 Å². The molecule has 0 amide bonds. The van der Waals surface area contributed by atoms with Crippen LogP contribution < -0.4 is 11.5 Å². The Morgan fingerprint density at radius 2 is 2.10 bits per heavy atom. The molecule has 0 fully saturated rings. The van der Waals surface area contributed by atoms with Crippen LogP contribution in [0.3, 0.4) is 0 Å². The zero-order valence-corrected chi connectivity index (χ0v) is 5.22. The first-order valence-electron chi connectivity index (χ1n) is 2.20. The maximum Gasteiger partial charge on any atom is 0.267 e. The molecule has 0 aromatic heterocycles. The molecule has 0 aliphatic heterocycles. The summed E-state index contributed by atoms with van der Waals surface area (Å²) in [6.07, 6.45) is 0. The fourth-order valence-electron chi connectivity index (χ4n) is 0.251. The first-order chi connectivity index (χ1) is 4.36. The Hall–Kier alpha value is -1.41. The van der Waals surface area contributed by atoms with Crippen molar-refractivity contribution < 1.29 is 9.90 Å². The van der Waals surface area contributed by atoms with E-state index in [2.05, 4.69) is 5.10 Å². The van der Waals surface area contributed by atoms with Crippen molar-refractivity contribution in [3.8, 4) is 0 Å². The van der Waals surface area contributed by atoms with Gasteiger partial charge in [0.2, 0.25) is 0 Å². The van der Waals surface area contributed by atoms with Gasteiger partial charge in [0, 0.05) is 5.10 Å². The standard InChI is InChI=1S/C2H7N5O3/c1-7(10,6(8)9)5-2(3)4/h1H3,(H4,3,4,5). The second kappa shape index (κ2) is 2.45. The van der Waals surface area contributed by atoms with E-state index in [0.29, 0.717) is 7.05 Å². The van der Waals surface area contributed by atoms with E-state index in [1.807, 2.05) is 0 Å². The third kappa shape index (κ3) is 2.24. The molecule has 10 heavy (non-hydrogen) atoms. The largest absolute Gasteiger partial charge is 0.541 e. The second-order valence-corrected chi connectivity index (χ2v) is 1.60. The van der Waals surface area contributed by atoms with Gasteiger partial charge in [-0.25, -0.2) is 10.1 Å². The van der Waals surface area contributed by atoms with Crippen molar-refractivity contribution >= 4 is 5.96 Å². The molecule has 0 saturated heterocycles. The summed E-state index contributed by atoms with van der Waals surface area (Å²) >= 11 is 0. The molecule has 0 radical (unpaired) electrons. The second-order valence-electron chi connectivity index (χ2n) is 1.60. The minimum absolute atomic E-state index is 0.616. The molecule has 58 valence electrons. The van der Waals surface area contributed by atoms with Crippen molar-refractivity contribution in [3.05, 3.63) is 15.3 Å². The van der Waals surface area contributed by atoms with Gasteiger partial charge in [-0.2, -0.15) is 0 Å². The Labute approximate surface area is 56.0 Å². The van der Waals surface area contributed by atoms with Gasteiger partial charge in [0.1, 0.15) is 0 Å². The van der Waals surface area contributed by atoms with Crippen molar-refractivity contribution in [1.82, 2.24) is 0 Å². The average molecular weight is 149 g/mol. The van der Waals surface area contributed by atoms with E-state index in [1.54, 1.807) is 0 Å². The monoisotopic (exact) mass is 149 g/mol. The van der Waals surface area contributed by atoms with E-state index in [0.717, 1.165) is 0 Å². The molecule has 0 heterocycles. The lowest BCUT2D eigenvalue weighted by Gasteiger charge is -2.16. The molecule has 0 aromatic carbocycles. The third-order valence-corrected chi connectivity index (χ3v) is 0.604. The van der Waals surface area contributed by atoms with E-state index >= 15 is 0 Å². The molecule has 0 aliphatic rings. The molecule has 8 nitrogen and oxygen atoms in total. The third-order valence-electron chi connectivity index (χ3n) is 0.604. The summed E-state index contributed by atoms with van der Waals surface area (Å²) in [6, 6.07) is 0. The van der Waals surface area contributed by atoms with Crippen molar-refractivity contribution in [2.45, 2.75) is 0 Å². The summed E-state index contributed by atoms with van der Waals surface area (Å²) in [5.74, 6) is -0.616. The lowest BCUT2D eigenvalue weighted by atomic mass is 11.1. The summed E-state index contributed by atoms with van der Waals surface area (Å²) in [7, 11) is 0.694.